The summed E-state index contributed by atoms with van der Waals surface area (Å²) in [6, 6.07) is 39.9. The third-order valence-corrected chi connectivity index (χ3v) is 13.5. The van der Waals surface area contributed by atoms with Gasteiger partial charge in [0.05, 0.1) is 50.8 Å². The van der Waals surface area contributed by atoms with E-state index < -0.39 is 55.8 Å². The normalized spacial score (nSPS) is 17.6. The average Bonchev–Trinajstić information content (AvgIpc) is 3.64. The molecule has 0 bridgehead atoms. The number of hydrogen-bond donors (Lipinski definition) is 3. The largest absolute Gasteiger partial charge is 0.497 e. The molecular formula is C51H56N5O11P. The number of aliphatic hydroxyl groups excluding tert-OH is 1. The average molecular weight is 946 g/mol. The first kappa shape index (κ1) is 49.5. The maximum absolute atomic E-state index is 14.1. The maximum atomic E-state index is 14.1. The minimum Gasteiger partial charge on any atom is -0.497 e. The van der Waals surface area contributed by atoms with Crippen molar-refractivity contribution in [2.24, 2.45) is 0 Å². The molecule has 5 atom stereocenters. The van der Waals surface area contributed by atoms with Gasteiger partial charge in [-0.25, -0.2) is 9.46 Å². The molecule has 0 saturated carbocycles. The SMILES string of the molecule is COc1ccc(C(OC[C@H]2O[C@@H](n3c(=O)[nH]c(=O)c4ccc(NC(=O)COc5ccccc5)cc43)[C@H](O)[C@@H]2OP(OCCC#N)N(C(C)C)C(C)C)(c2ccccc2)c2ccc(OC)cc2)cc1. The Bertz CT molecular complexity index is 2710. The summed E-state index contributed by atoms with van der Waals surface area (Å²) in [5.41, 5.74) is -0.313. The number of para-hydroxylation sites is 1. The van der Waals surface area contributed by atoms with Crippen molar-refractivity contribution in [2.45, 2.75) is 76.3 Å². The van der Waals surface area contributed by atoms with Gasteiger partial charge < -0.3 is 43.2 Å². The summed E-state index contributed by atoms with van der Waals surface area (Å²) in [5, 5.41) is 24.9. The van der Waals surface area contributed by atoms with Crippen LogP contribution in [0.15, 0.2) is 137 Å². The highest BCUT2D eigenvalue weighted by atomic mass is 31.2. The van der Waals surface area contributed by atoms with E-state index >= 15 is 0 Å². The third-order valence-electron chi connectivity index (χ3n) is 11.4. The number of aromatic amines is 1. The summed E-state index contributed by atoms with van der Waals surface area (Å²) in [5.74, 6) is 1.28. The number of methoxy groups -OCH3 is 2. The van der Waals surface area contributed by atoms with Crippen molar-refractivity contribution in [1.29, 1.82) is 5.26 Å². The highest BCUT2D eigenvalue weighted by Crippen LogP contribution is 2.51. The lowest BCUT2D eigenvalue weighted by molar-refractivity contribution is -0.118. The fraction of sp³-hybridized carbons (Fsp3) is 0.333. The van der Waals surface area contributed by atoms with E-state index in [0.29, 0.717) is 17.2 Å². The van der Waals surface area contributed by atoms with Gasteiger partial charge in [0.15, 0.2) is 12.8 Å². The number of hydrogen-bond acceptors (Lipinski definition) is 13. The summed E-state index contributed by atoms with van der Waals surface area (Å²) >= 11 is 0. The molecule has 0 aliphatic carbocycles. The van der Waals surface area contributed by atoms with E-state index in [4.69, 9.17) is 32.7 Å². The molecule has 1 aromatic heterocycles. The van der Waals surface area contributed by atoms with Crippen LogP contribution in [0.4, 0.5) is 5.69 Å². The van der Waals surface area contributed by atoms with Crippen molar-refractivity contribution in [2.75, 3.05) is 39.4 Å². The number of anilines is 1. The molecule has 1 saturated heterocycles. The molecule has 1 unspecified atom stereocenters. The van der Waals surface area contributed by atoms with Crippen LogP contribution in [-0.4, -0.2) is 89.7 Å². The molecule has 0 radical (unpaired) electrons. The lowest BCUT2D eigenvalue weighted by Gasteiger charge is -2.39. The Balaban J connectivity index is 1.33. The van der Waals surface area contributed by atoms with Crippen LogP contribution in [0, 0.1) is 11.3 Å². The number of amides is 1. The zero-order valence-electron chi connectivity index (χ0n) is 38.7. The number of nitriles is 1. The van der Waals surface area contributed by atoms with Crippen molar-refractivity contribution in [1.82, 2.24) is 14.2 Å². The van der Waals surface area contributed by atoms with Crippen molar-refractivity contribution in [3.8, 4) is 23.3 Å². The first-order valence-corrected chi connectivity index (χ1v) is 23.3. The van der Waals surface area contributed by atoms with Crippen LogP contribution in [-0.2, 0) is 28.9 Å². The van der Waals surface area contributed by atoms with Gasteiger partial charge in [0.2, 0.25) is 0 Å². The molecule has 7 rings (SSSR count). The minimum absolute atomic E-state index is 0.0490. The Labute approximate surface area is 395 Å². The number of aromatic nitrogens is 2. The Morgan fingerprint density at radius 1 is 0.853 bits per heavy atom. The number of benzene rings is 5. The predicted molar refractivity (Wildman–Crippen MR) is 258 cm³/mol. The summed E-state index contributed by atoms with van der Waals surface area (Å²) in [6.45, 7) is 7.48. The highest BCUT2D eigenvalue weighted by molar-refractivity contribution is 7.44. The van der Waals surface area contributed by atoms with Gasteiger partial charge in [0, 0.05) is 17.8 Å². The number of carbonyl (C=O) groups is 1. The number of aliphatic hydroxyl groups is 1. The third kappa shape index (κ3) is 11.0. The summed E-state index contributed by atoms with van der Waals surface area (Å²) in [4.78, 5) is 42.9. The molecule has 1 aliphatic rings. The van der Waals surface area contributed by atoms with Gasteiger partial charge in [0.1, 0.15) is 41.2 Å². The van der Waals surface area contributed by atoms with E-state index in [0.717, 1.165) is 21.3 Å². The van der Waals surface area contributed by atoms with Crippen LogP contribution in [0.5, 0.6) is 17.2 Å². The Hall–Kier alpha value is -6.41. The van der Waals surface area contributed by atoms with Crippen LogP contribution >= 0.6 is 8.53 Å². The molecule has 3 N–H and O–H groups in total. The van der Waals surface area contributed by atoms with Gasteiger partial charge in [-0.15, -0.1) is 0 Å². The molecule has 1 fully saturated rings. The van der Waals surface area contributed by atoms with Gasteiger partial charge in [0.25, 0.3) is 20.0 Å². The molecule has 16 nitrogen and oxygen atoms in total. The number of nitrogens with one attached hydrogen (secondary N) is 2. The Morgan fingerprint density at radius 2 is 1.44 bits per heavy atom. The highest BCUT2D eigenvalue weighted by Gasteiger charge is 2.50. The van der Waals surface area contributed by atoms with Crippen LogP contribution in [0.1, 0.15) is 57.0 Å². The zero-order chi connectivity index (χ0) is 48.4. The quantitative estimate of drug-likeness (QED) is 0.0362. The topological polar surface area (TPSA) is 196 Å². The molecule has 356 valence electrons. The lowest BCUT2D eigenvalue weighted by Crippen LogP contribution is -2.42. The molecule has 2 heterocycles. The van der Waals surface area contributed by atoms with Gasteiger partial charge in [-0.2, -0.15) is 5.26 Å². The molecule has 5 aromatic carbocycles. The number of ether oxygens (including phenoxy) is 5. The molecule has 68 heavy (non-hydrogen) atoms. The van der Waals surface area contributed by atoms with Crippen LogP contribution in [0.3, 0.4) is 0 Å². The monoisotopic (exact) mass is 945 g/mol. The Kier molecular flexibility index (Phi) is 16.4. The Morgan fingerprint density at radius 3 is 2.01 bits per heavy atom. The van der Waals surface area contributed by atoms with Gasteiger partial charge in [-0.1, -0.05) is 72.8 Å². The van der Waals surface area contributed by atoms with E-state index in [1.165, 1.54) is 18.2 Å². The van der Waals surface area contributed by atoms with E-state index in [-0.39, 0.29) is 54.9 Å². The van der Waals surface area contributed by atoms with Gasteiger partial charge >= 0.3 is 5.69 Å². The van der Waals surface area contributed by atoms with E-state index in [9.17, 15) is 24.8 Å². The number of fused-ring (bicyclic) bond motifs is 1. The molecular weight excluding hydrogens is 890 g/mol. The fourth-order valence-electron chi connectivity index (χ4n) is 8.33. The number of carbonyl (C=O) groups excluding carboxylic acids is 1. The fourth-order valence-corrected chi connectivity index (χ4v) is 10.1. The predicted octanol–water partition coefficient (Wildman–Crippen LogP) is 7.65. The molecule has 6 aromatic rings. The lowest BCUT2D eigenvalue weighted by atomic mass is 9.80. The van der Waals surface area contributed by atoms with Crippen LogP contribution in [0.25, 0.3) is 10.9 Å². The van der Waals surface area contributed by atoms with E-state index in [1.807, 2.05) is 117 Å². The van der Waals surface area contributed by atoms with Crippen molar-refractivity contribution < 1.29 is 42.6 Å². The summed E-state index contributed by atoms with van der Waals surface area (Å²) in [6.07, 6.45) is -5.28. The van der Waals surface area contributed by atoms with Gasteiger partial charge in [-0.3, -0.25) is 19.1 Å². The van der Waals surface area contributed by atoms with Crippen molar-refractivity contribution in [3.05, 3.63) is 165 Å². The van der Waals surface area contributed by atoms with Crippen molar-refractivity contribution >= 4 is 31.0 Å². The minimum atomic E-state index is -1.98. The van der Waals surface area contributed by atoms with Gasteiger partial charge in [-0.05, 0) is 99.0 Å². The summed E-state index contributed by atoms with van der Waals surface area (Å²) < 4.78 is 47.2. The second-order valence-electron chi connectivity index (χ2n) is 16.5. The maximum Gasteiger partial charge on any atom is 0.331 e. The molecule has 1 aliphatic heterocycles. The standard InChI is InChI=1S/C51H56N5O11P/c1-33(2)56(34(3)4)68(65-29-13-28-52)67-47-44(31-64-51(35-14-9-7-10-15-35,36-18-23-39(61-5)24-19-36)37-20-25-40(62-6)26-21-37)66-49(46(47)58)55-43-30-38(22-27-42(43)48(59)54-50(55)60)53-45(57)32-63-41-16-11-8-12-17-41/h7-12,14-27,30,33-34,44,46-47,49,58H,13,29,31-32H2,1-6H3,(H,53,57)(H,54,59,60)/t44-,46-,47-,49-,68?/m1/s1. The van der Waals surface area contributed by atoms with Crippen LogP contribution < -0.4 is 30.8 Å². The molecule has 1 amide bonds. The smallest absolute Gasteiger partial charge is 0.331 e. The van der Waals surface area contributed by atoms with Crippen LogP contribution in [0.2, 0.25) is 0 Å². The first-order chi connectivity index (χ1) is 32.9. The summed E-state index contributed by atoms with van der Waals surface area (Å²) in [7, 11) is 1.20. The molecule has 17 heteroatoms. The van der Waals surface area contributed by atoms with E-state index in [1.54, 1.807) is 38.5 Å². The second kappa shape index (κ2) is 22.6. The van der Waals surface area contributed by atoms with Crippen molar-refractivity contribution in [3.63, 3.8) is 0 Å². The number of H-pyrrole nitrogens is 1. The molecule has 0 spiro atoms. The first-order valence-electron chi connectivity index (χ1n) is 22.2. The zero-order valence-corrected chi connectivity index (χ0v) is 39.6. The van der Waals surface area contributed by atoms with E-state index in [2.05, 4.69) is 16.4 Å². The second-order valence-corrected chi connectivity index (χ2v) is 17.9. The number of nitrogens with zero attached hydrogens (tertiary/aromatic N) is 3. The number of rotatable bonds is 21.